The first-order chi connectivity index (χ1) is 18.6. The van der Waals surface area contributed by atoms with Crippen LogP contribution in [0.4, 0.5) is 5.69 Å². The number of ether oxygens (including phenoxy) is 2. The minimum Gasteiger partial charge on any atom is -0.497 e. The van der Waals surface area contributed by atoms with E-state index in [4.69, 9.17) is 9.47 Å². The Bertz CT molecular complexity index is 1390. The number of amides is 2. The van der Waals surface area contributed by atoms with Crippen LogP contribution in [0.25, 0.3) is 0 Å². The van der Waals surface area contributed by atoms with Gasteiger partial charge in [-0.05, 0) is 87.0 Å². The first kappa shape index (κ1) is 29.2. The predicted octanol–water partition coefficient (Wildman–Crippen LogP) is 3.25. The van der Waals surface area contributed by atoms with Crippen LogP contribution in [0.2, 0.25) is 0 Å². The Morgan fingerprint density at radius 3 is 2.13 bits per heavy atom. The van der Waals surface area contributed by atoms with Crippen LogP contribution < -0.4 is 24.5 Å². The molecule has 11 heteroatoms. The number of aryl methyl sites for hydroxylation is 1. The molecule has 0 aliphatic rings. The third-order valence-electron chi connectivity index (χ3n) is 5.36. The molecule has 3 aromatic rings. The molecule has 3 rings (SSSR count). The fourth-order valence-electron chi connectivity index (χ4n) is 3.41. The number of hydrazone groups is 1. The van der Waals surface area contributed by atoms with E-state index in [-0.39, 0.29) is 23.5 Å². The Morgan fingerprint density at radius 2 is 1.54 bits per heavy atom. The molecule has 0 unspecified atom stereocenters. The summed E-state index contributed by atoms with van der Waals surface area (Å²) in [4.78, 5) is 24.5. The summed E-state index contributed by atoms with van der Waals surface area (Å²) in [7, 11) is -2.54. The number of sulfonamides is 1. The molecule has 0 bridgehead atoms. The normalized spacial score (nSPS) is 11.3. The molecule has 0 atom stereocenters. The van der Waals surface area contributed by atoms with Crippen molar-refractivity contribution in [2.75, 3.05) is 24.6 Å². The molecular weight excluding hydrogens is 520 g/mol. The van der Waals surface area contributed by atoms with Crippen molar-refractivity contribution in [3.63, 3.8) is 0 Å². The Kier molecular flexibility index (Phi) is 10.0. The quantitative estimate of drug-likeness (QED) is 0.262. The van der Waals surface area contributed by atoms with Crippen molar-refractivity contribution in [2.45, 2.75) is 31.7 Å². The number of hydrogen-bond donors (Lipinski definition) is 2. The van der Waals surface area contributed by atoms with Crippen molar-refractivity contribution in [1.29, 1.82) is 0 Å². The maximum atomic E-state index is 13.4. The highest BCUT2D eigenvalue weighted by Crippen LogP contribution is 2.26. The van der Waals surface area contributed by atoms with E-state index < -0.39 is 22.5 Å². The fraction of sp³-hybridized carbons (Fsp3) is 0.250. The van der Waals surface area contributed by atoms with E-state index in [1.165, 1.54) is 25.5 Å². The van der Waals surface area contributed by atoms with Crippen molar-refractivity contribution < 1.29 is 27.5 Å². The number of nitrogens with one attached hydrogen (secondary N) is 2. The largest absolute Gasteiger partial charge is 0.497 e. The molecule has 2 amide bonds. The average Bonchev–Trinajstić information content (AvgIpc) is 2.91. The maximum absolute atomic E-state index is 13.4. The summed E-state index contributed by atoms with van der Waals surface area (Å²) in [6, 6.07) is 19.5. The zero-order chi connectivity index (χ0) is 28.4. The number of methoxy groups -OCH3 is 1. The summed E-state index contributed by atoms with van der Waals surface area (Å²) >= 11 is 0. The van der Waals surface area contributed by atoms with Gasteiger partial charge in [0.05, 0.1) is 23.9 Å². The molecule has 2 N–H and O–H groups in total. The second kappa shape index (κ2) is 13.4. The van der Waals surface area contributed by atoms with Gasteiger partial charge in [0.2, 0.25) is 0 Å². The van der Waals surface area contributed by atoms with Crippen LogP contribution in [-0.2, 0) is 19.6 Å². The Labute approximate surface area is 228 Å². The molecule has 206 valence electrons. The Hall–Kier alpha value is -4.38. The number of carbonyl (C=O) groups excluding carboxylic acids is 2. The van der Waals surface area contributed by atoms with E-state index >= 15 is 0 Å². The number of rotatable bonds is 12. The topological polar surface area (TPSA) is 126 Å². The summed E-state index contributed by atoms with van der Waals surface area (Å²) in [5.41, 5.74) is 4.25. The van der Waals surface area contributed by atoms with E-state index in [0.717, 1.165) is 9.87 Å². The predicted molar refractivity (Wildman–Crippen MR) is 150 cm³/mol. The van der Waals surface area contributed by atoms with Gasteiger partial charge in [0.1, 0.15) is 18.0 Å². The van der Waals surface area contributed by atoms with Crippen LogP contribution in [0, 0.1) is 6.92 Å². The molecule has 0 saturated carbocycles. The Balaban J connectivity index is 1.67. The van der Waals surface area contributed by atoms with Gasteiger partial charge in [0.25, 0.3) is 21.8 Å². The molecule has 0 spiro atoms. The van der Waals surface area contributed by atoms with Crippen LogP contribution in [0.3, 0.4) is 0 Å². The lowest BCUT2D eigenvalue weighted by molar-refractivity contribution is -0.123. The van der Waals surface area contributed by atoms with Gasteiger partial charge in [-0.1, -0.05) is 17.7 Å². The minimum absolute atomic E-state index is 0.0286. The highest BCUT2D eigenvalue weighted by Gasteiger charge is 2.27. The summed E-state index contributed by atoms with van der Waals surface area (Å²) < 4.78 is 38.5. The standard InChI is InChI=1S/C28H32N4O6S/c1-20(2)30-28(34)19-38-25-11-7-22(8-12-25)17-29-31-27(33)18-32(23-9-13-24(37-4)14-10-23)39(35,36)26-15-5-21(3)6-16-26/h5-17,20H,18-19H2,1-4H3,(H,30,34)(H,31,33)/b29-17+. The third-order valence-corrected chi connectivity index (χ3v) is 7.15. The van der Waals surface area contributed by atoms with Crippen molar-refractivity contribution >= 4 is 33.7 Å². The minimum atomic E-state index is -4.05. The number of hydrogen-bond acceptors (Lipinski definition) is 7. The van der Waals surface area contributed by atoms with Crippen LogP contribution in [0.1, 0.15) is 25.0 Å². The SMILES string of the molecule is COc1ccc(N(CC(=O)N/N=C/c2ccc(OCC(=O)NC(C)C)cc2)S(=O)(=O)c2ccc(C)cc2)cc1. The third kappa shape index (κ3) is 8.57. The first-order valence-corrected chi connectivity index (χ1v) is 13.6. The summed E-state index contributed by atoms with van der Waals surface area (Å²) in [5, 5.41) is 6.69. The highest BCUT2D eigenvalue weighted by atomic mass is 32.2. The number of anilines is 1. The molecular formula is C28H32N4O6S. The van der Waals surface area contributed by atoms with E-state index in [9.17, 15) is 18.0 Å². The average molecular weight is 553 g/mol. The van der Waals surface area contributed by atoms with Gasteiger partial charge >= 0.3 is 0 Å². The number of carbonyl (C=O) groups is 2. The van der Waals surface area contributed by atoms with E-state index in [2.05, 4.69) is 15.8 Å². The van der Waals surface area contributed by atoms with Crippen LogP contribution in [0.15, 0.2) is 82.8 Å². The number of benzene rings is 3. The van der Waals surface area contributed by atoms with Gasteiger partial charge in [0.15, 0.2) is 6.61 Å². The molecule has 0 aliphatic carbocycles. The molecule has 0 fully saturated rings. The molecule has 0 saturated heterocycles. The zero-order valence-electron chi connectivity index (χ0n) is 22.2. The highest BCUT2D eigenvalue weighted by molar-refractivity contribution is 7.92. The lowest BCUT2D eigenvalue weighted by atomic mass is 10.2. The van der Waals surface area contributed by atoms with Gasteiger partial charge < -0.3 is 14.8 Å². The molecule has 39 heavy (non-hydrogen) atoms. The van der Waals surface area contributed by atoms with Gasteiger partial charge in [0, 0.05) is 6.04 Å². The van der Waals surface area contributed by atoms with Crippen LogP contribution in [0.5, 0.6) is 11.5 Å². The summed E-state index contributed by atoms with van der Waals surface area (Å²) in [5.74, 6) is 0.211. The van der Waals surface area contributed by atoms with Crippen molar-refractivity contribution in [3.05, 3.63) is 83.9 Å². The Morgan fingerprint density at radius 1 is 0.923 bits per heavy atom. The second-order valence-electron chi connectivity index (χ2n) is 8.90. The van der Waals surface area contributed by atoms with Crippen LogP contribution in [-0.4, -0.2) is 52.8 Å². The monoisotopic (exact) mass is 552 g/mol. The van der Waals surface area contributed by atoms with Gasteiger partial charge in [-0.3, -0.25) is 13.9 Å². The van der Waals surface area contributed by atoms with Crippen molar-refractivity contribution in [2.24, 2.45) is 5.10 Å². The fourth-order valence-corrected chi connectivity index (χ4v) is 4.83. The summed E-state index contributed by atoms with van der Waals surface area (Å²) in [6.45, 7) is 4.99. The summed E-state index contributed by atoms with van der Waals surface area (Å²) in [6.07, 6.45) is 1.42. The van der Waals surface area contributed by atoms with Gasteiger partial charge in [-0.2, -0.15) is 5.10 Å². The lowest BCUT2D eigenvalue weighted by Gasteiger charge is -2.24. The zero-order valence-corrected chi connectivity index (χ0v) is 23.1. The molecule has 0 heterocycles. The molecule has 10 nitrogen and oxygen atoms in total. The second-order valence-corrected chi connectivity index (χ2v) is 10.8. The molecule has 0 aromatic heterocycles. The lowest BCUT2D eigenvalue weighted by Crippen LogP contribution is -2.39. The number of nitrogens with zero attached hydrogens (tertiary/aromatic N) is 2. The van der Waals surface area contributed by atoms with E-state index in [1.807, 2.05) is 20.8 Å². The first-order valence-electron chi connectivity index (χ1n) is 12.2. The van der Waals surface area contributed by atoms with Crippen LogP contribution >= 0.6 is 0 Å². The molecule has 0 radical (unpaired) electrons. The maximum Gasteiger partial charge on any atom is 0.264 e. The van der Waals surface area contributed by atoms with Crippen molar-refractivity contribution in [3.8, 4) is 11.5 Å². The molecule has 3 aromatic carbocycles. The van der Waals surface area contributed by atoms with Gasteiger partial charge in [-0.15, -0.1) is 0 Å². The van der Waals surface area contributed by atoms with E-state index in [0.29, 0.717) is 22.7 Å². The van der Waals surface area contributed by atoms with Gasteiger partial charge in [-0.25, -0.2) is 13.8 Å². The molecule has 0 aliphatic heterocycles. The van der Waals surface area contributed by atoms with E-state index in [1.54, 1.807) is 60.7 Å². The van der Waals surface area contributed by atoms with Crippen molar-refractivity contribution in [1.82, 2.24) is 10.7 Å². The smallest absolute Gasteiger partial charge is 0.264 e.